The third-order valence-electron chi connectivity index (χ3n) is 5.47. The molecule has 176 valence electrons. The molecule has 4 rings (SSSR count). The number of fused-ring (bicyclic) bond motifs is 1. The molecule has 1 aliphatic heterocycles. The maximum absolute atomic E-state index is 12.5. The Morgan fingerprint density at radius 2 is 1.74 bits per heavy atom. The van der Waals surface area contributed by atoms with Crippen LogP contribution in [-0.2, 0) is 11.2 Å². The molecule has 0 aliphatic carbocycles. The summed E-state index contributed by atoms with van der Waals surface area (Å²) in [6, 6.07) is 15.0. The number of hydrogen-bond acceptors (Lipinski definition) is 4. The van der Waals surface area contributed by atoms with Crippen LogP contribution in [0.25, 0.3) is 0 Å². The van der Waals surface area contributed by atoms with E-state index in [-0.39, 0.29) is 10.9 Å². The van der Waals surface area contributed by atoms with Crippen LogP contribution >= 0.6 is 34.8 Å². The molecule has 34 heavy (non-hydrogen) atoms. The van der Waals surface area contributed by atoms with Crippen molar-refractivity contribution < 1.29 is 24.2 Å². The summed E-state index contributed by atoms with van der Waals surface area (Å²) in [5.74, 6) is -0.588. The molecular weight excluding hydrogens is 501 g/mol. The van der Waals surface area contributed by atoms with Gasteiger partial charge in [-0.25, -0.2) is 0 Å². The van der Waals surface area contributed by atoms with Crippen LogP contribution < -0.4 is 14.8 Å². The Kier molecular flexibility index (Phi) is 7.51. The third kappa shape index (κ3) is 5.41. The van der Waals surface area contributed by atoms with Crippen LogP contribution in [0, 0.1) is 0 Å². The lowest BCUT2D eigenvalue weighted by Crippen LogP contribution is -2.25. The number of ether oxygens (including phenoxy) is 2. The predicted molar refractivity (Wildman–Crippen MR) is 131 cm³/mol. The highest BCUT2D eigenvalue weighted by atomic mass is 35.5. The van der Waals surface area contributed by atoms with Gasteiger partial charge in [0, 0.05) is 33.8 Å². The van der Waals surface area contributed by atoms with Gasteiger partial charge in [-0.1, -0.05) is 40.9 Å². The number of aliphatic carboxylic acids is 1. The average molecular weight is 521 g/mol. The SMILES string of the molecule is O=C(NCCc1c(Cl)cccc1Cl)c1ccc(Oc2cc3c(cc2Cl)C(C(=O)O)CCO3)cc1. The van der Waals surface area contributed by atoms with Gasteiger partial charge in [0.05, 0.1) is 17.5 Å². The number of nitrogens with one attached hydrogen (secondary N) is 1. The Labute approximate surface area is 211 Å². The molecule has 1 amide bonds. The second kappa shape index (κ2) is 10.6. The Hall–Kier alpha value is -2.93. The highest BCUT2D eigenvalue weighted by Gasteiger charge is 2.29. The Bertz CT molecular complexity index is 1210. The zero-order chi connectivity index (χ0) is 24.2. The average Bonchev–Trinajstić information content (AvgIpc) is 2.81. The summed E-state index contributed by atoms with van der Waals surface area (Å²) in [4.78, 5) is 24.0. The standard InChI is InChI=1S/C25H20Cl3NO5/c26-19-2-1-3-20(27)17(19)8-10-29-24(30)14-4-6-15(7-5-14)34-23-13-22-18(12-21(23)28)16(25(31)32)9-11-33-22/h1-7,12-13,16H,8-11H2,(H,29,30)(H,31,32). The highest BCUT2D eigenvalue weighted by molar-refractivity contribution is 6.36. The summed E-state index contributed by atoms with van der Waals surface area (Å²) in [7, 11) is 0. The van der Waals surface area contributed by atoms with Gasteiger partial charge >= 0.3 is 5.97 Å². The molecule has 0 saturated carbocycles. The molecule has 0 bridgehead atoms. The quantitative estimate of drug-likeness (QED) is 0.378. The molecule has 0 aromatic heterocycles. The van der Waals surface area contributed by atoms with Crippen LogP contribution in [-0.4, -0.2) is 30.1 Å². The van der Waals surface area contributed by atoms with Crippen LogP contribution in [0.4, 0.5) is 0 Å². The lowest BCUT2D eigenvalue weighted by Gasteiger charge is -2.24. The molecule has 1 atom stereocenters. The molecule has 2 N–H and O–H groups in total. The number of amides is 1. The lowest BCUT2D eigenvalue weighted by molar-refractivity contribution is -0.139. The first kappa shape index (κ1) is 24.2. The van der Waals surface area contributed by atoms with E-state index in [0.29, 0.717) is 64.4 Å². The first-order chi connectivity index (χ1) is 16.3. The second-order valence-corrected chi connectivity index (χ2v) is 8.90. The molecule has 0 radical (unpaired) electrons. The molecular formula is C25H20Cl3NO5. The summed E-state index contributed by atoms with van der Waals surface area (Å²) < 4.78 is 11.5. The summed E-state index contributed by atoms with van der Waals surface area (Å²) >= 11 is 18.7. The first-order valence-electron chi connectivity index (χ1n) is 10.5. The topological polar surface area (TPSA) is 84.9 Å². The Morgan fingerprint density at radius 1 is 1.03 bits per heavy atom. The van der Waals surface area contributed by atoms with E-state index in [1.54, 1.807) is 54.6 Å². The van der Waals surface area contributed by atoms with Crippen LogP contribution in [0.1, 0.15) is 33.8 Å². The van der Waals surface area contributed by atoms with E-state index in [2.05, 4.69) is 5.32 Å². The van der Waals surface area contributed by atoms with Gasteiger partial charge in [-0.3, -0.25) is 9.59 Å². The van der Waals surface area contributed by atoms with Gasteiger partial charge < -0.3 is 19.9 Å². The number of rotatable bonds is 7. The Balaban J connectivity index is 1.39. The minimum atomic E-state index is -0.918. The van der Waals surface area contributed by atoms with E-state index in [4.69, 9.17) is 44.3 Å². The molecule has 9 heteroatoms. The third-order valence-corrected chi connectivity index (χ3v) is 6.47. The summed E-state index contributed by atoms with van der Waals surface area (Å²) in [6.45, 7) is 0.681. The zero-order valence-corrected chi connectivity index (χ0v) is 20.1. The summed E-state index contributed by atoms with van der Waals surface area (Å²) in [5.41, 5.74) is 1.78. The molecule has 1 unspecified atom stereocenters. The van der Waals surface area contributed by atoms with E-state index in [0.717, 1.165) is 5.56 Å². The van der Waals surface area contributed by atoms with Gasteiger partial charge in [-0.15, -0.1) is 0 Å². The van der Waals surface area contributed by atoms with Crippen molar-refractivity contribution in [3.63, 3.8) is 0 Å². The normalized spacial score (nSPS) is 14.6. The number of carboxylic acids is 1. The van der Waals surface area contributed by atoms with Crippen molar-refractivity contribution in [3.8, 4) is 17.2 Å². The Morgan fingerprint density at radius 3 is 2.41 bits per heavy atom. The molecule has 0 saturated heterocycles. The fraction of sp³-hybridized carbons (Fsp3) is 0.200. The lowest BCUT2D eigenvalue weighted by atomic mass is 9.93. The number of benzene rings is 3. The minimum absolute atomic E-state index is 0.241. The number of hydrogen-bond donors (Lipinski definition) is 2. The van der Waals surface area contributed by atoms with Crippen LogP contribution in [0.3, 0.4) is 0 Å². The summed E-state index contributed by atoms with van der Waals surface area (Å²) in [5, 5.41) is 13.7. The van der Waals surface area contributed by atoms with Crippen LogP contribution in [0.2, 0.25) is 15.1 Å². The van der Waals surface area contributed by atoms with Crippen molar-refractivity contribution in [2.24, 2.45) is 0 Å². The van der Waals surface area contributed by atoms with Gasteiger partial charge in [0.15, 0.2) is 0 Å². The monoisotopic (exact) mass is 519 g/mol. The summed E-state index contributed by atoms with van der Waals surface area (Å²) in [6.07, 6.45) is 0.890. The molecule has 0 fully saturated rings. The minimum Gasteiger partial charge on any atom is -0.493 e. The van der Waals surface area contributed by atoms with Crippen molar-refractivity contribution in [3.05, 3.63) is 86.4 Å². The van der Waals surface area contributed by atoms with Crippen LogP contribution in [0.15, 0.2) is 54.6 Å². The van der Waals surface area contributed by atoms with E-state index >= 15 is 0 Å². The number of halogens is 3. The maximum Gasteiger partial charge on any atom is 0.311 e. The fourth-order valence-electron chi connectivity index (χ4n) is 3.70. The van der Waals surface area contributed by atoms with Gasteiger partial charge in [0.1, 0.15) is 17.2 Å². The van der Waals surface area contributed by atoms with E-state index in [1.807, 2.05) is 0 Å². The van der Waals surface area contributed by atoms with Crippen molar-refractivity contribution >= 4 is 46.7 Å². The second-order valence-electron chi connectivity index (χ2n) is 7.68. The van der Waals surface area contributed by atoms with Crippen LogP contribution in [0.5, 0.6) is 17.2 Å². The number of carbonyl (C=O) groups excluding carboxylic acids is 1. The van der Waals surface area contributed by atoms with Gasteiger partial charge in [-0.2, -0.15) is 0 Å². The molecule has 6 nitrogen and oxygen atoms in total. The molecule has 1 aliphatic rings. The molecule has 0 spiro atoms. The van der Waals surface area contributed by atoms with Crippen molar-refractivity contribution in [1.82, 2.24) is 5.32 Å². The van der Waals surface area contributed by atoms with E-state index in [1.165, 1.54) is 0 Å². The van der Waals surface area contributed by atoms with Gasteiger partial charge in [-0.05, 0) is 60.9 Å². The van der Waals surface area contributed by atoms with Gasteiger partial charge in [0.2, 0.25) is 0 Å². The van der Waals surface area contributed by atoms with E-state index < -0.39 is 11.9 Å². The predicted octanol–water partition coefficient (Wildman–Crippen LogP) is 6.36. The maximum atomic E-state index is 12.5. The molecule has 3 aromatic carbocycles. The fourth-order valence-corrected chi connectivity index (χ4v) is 4.50. The largest absolute Gasteiger partial charge is 0.493 e. The van der Waals surface area contributed by atoms with Crippen molar-refractivity contribution in [2.45, 2.75) is 18.8 Å². The first-order valence-corrected chi connectivity index (χ1v) is 11.6. The molecule has 3 aromatic rings. The van der Waals surface area contributed by atoms with E-state index in [9.17, 15) is 14.7 Å². The van der Waals surface area contributed by atoms with Crippen molar-refractivity contribution in [2.75, 3.05) is 13.2 Å². The highest BCUT2D eigenvalue weighted by Crippen LogP contribution is 2.41. The number of carboxylic acid groups (broad SMARTS) is 1. The molecule has 1 heterocycles. The smallest absolute Gasteiger partial charge is 0.311 e. The van der Waals surface area contributed by atoms with Gasteiger partial charge in [0.25, 0.3) is 5.91 Å². The van der Waals surface area contributed by atoms with Crippen molar-refractivity contribution in [1.29, 1.82) is 0 Å². The zero-order valence-electron chi connectivity index (χ0n) is 17.8. The number of carbonyl (C=O) groups is 2.